The number of alkyl halides is 1. The summed E-state index contributed by atoms with van der Waals surface area (Å²) in [4.78, 5) is 35.8. The maximum absolute atomic E-state index is 16.2. The molecule has 0 amide bonds. The van der Waals surface area contributed by atoms with Crippen LogP contribution >= 0.6 is 25.8 Å². The molecule has 2 fully saturated rings. The van der Waals surface area contributed by atoms with Crippen LogP contribution in [0.3, 0.4) is 0 Å². The summed E-state index contributed by atoms with van der Waals surface area (Å²) in [7, 11) is 1.19. The zero-order chi connectivity index (χ0) is 32.4. The van der Waals surface area contributed by atoms with Gasteiger partial charge in [0.2, 0.25) is 0 Å². The minimum absolute atomic E-state index is 0.0109. The molecule has 1 saturated carbocycles. The number of hydrogen-bond acceptors (Lipinski definition) is 14. The maximum Gasteiger partial charge on any atom is 0.386 e. The largest absolute Gasteiger partial charge is 0.386 e. The fraction of sp³-hybridized carbons (Fsp3) is 0.500. The lowest BCUT2D eigenvalue weighted by Crippen LogP contribution is -2.39. The minimum Gasteiger partial charge on any atom is -0.382 e. The van der Waals surface area contributed by atoms with Crippen molar-refractivity contribution in [2.45, 2.75) is 44.0 Å². The third-order valence-electron chi connectivity index (χ3n) is 8.47. The van der Waals surface area contributed by atoms with Crippen LogP contribution in [0, 0.1) is 11.8 Å². The first-order valence-corrected chi connectivity index (χ1v) is 19.3. The molecule has 5 aromatic heterocycles. The van der Waals surface area contributed by atoms with E-state index < -0.39 is 44.7 Å². The lowest BCUT2D eigenvalue weighted by molar-refractivity contribution is -0.0421. The van der Waals surface area contributed by atoms with Gasteiger partial charge in [-0.15, -0.1) is 0 Å². The molecule has 17 nitrogen and oxygen atoms in total. The molecule has 5 aromatic rings. The van der Waals surface area contributed by atoms with Crippen molar-refractivity contribution in [1.29, 1.82) is 0 Å². The topological polar surface area (TPSA) is 201 Å². The highest BCUT2D eigenvalue weighted by Gasteiger charge is 2.51. The summed E-state index contributed by atoms with van der Waals surface area (Å²) in [5.41, 5.74) is 8.31. The molecule has 1 aliphatic heterocycles. The number of thiol groups is 1. The van der Waals surface area contributed by atoms with Gasteiger partial charge in [-0.2, -0.15) is 0 Å². The Hall–Kier alpha value is -2.64. The lowest BCUT2D eigenvalue weighted by Gasteiger charge is -2.43. The van der Waals surface area contributed by atoms with Gasteiger partial charge in [-0.1, -0.05) is 19.2 Å². The molecule has 9 atom stereocenters. The van der Waals surface area contributed by atoms with Gasteiger partial charge < -0.3 is 33.5 Å². The molecule has 1 saturated heterocycles. The summed E-state index contributed by atoms with van der Waals surface area (Å²) < 4.78 is 62.2. The van der Waals surface area contributed by atoms with Crippen molar-refractivity contribution in [3.63, 3.8) is 0 Å². The number of halogens is 1. The van der Waals surface area contributed by atoms with Crippen LogP contribution in [-0.2, 0) is 39.2 Å². The van der Waals surface area contributed by atoms with Crippen LogP contribution in [0.1, 0.15) is 25.6 Å². The first kappa shape index (κ1) is 31.9. The molecule has 2 aliphatic rings. The molecular weight excluding hydrogens is 685 g/mol. The van der Waals surface area contributed by atoms with Crippen LogP contribution in [0.4, 0.5) is 10.2 Å². The van der Waals surface area contributed by atoms with Gasteiger partial charge in [-0.05, 0) is 30.1 Å². The fourth-order valence-electron chi connectivity index (χ4n) is 5.86. The number of hydrogen-bond donors (Lipinski definition) is 3. The third-order valence-corrected chi connectivity index (χ3v) is 11.8. The van der Waals surface area contributed by atoms with Crippen LogP contribution in [0.25, 0.3) is 28.0 Å². The molecule has 0 bridgehead atoms. The van der Waals surface area contributed by atoms with Crippen molar-refractivity contribution < 1.29 is 36.7 Å². The molecular formula is C24H29FN10O7P2S2. The quantitative estimate of drug-likeness (QED) is 0.133. The summed E-state index contributed by atoms with van der Waals surface area (Å²) in [5.74, 6) is 0.372. The number of imidazole rings is 3. The minimum atomic E-state index is -4.15. The number of nitrogens with two attached hydrogens (primary N) is 1. The second-order valence-electron chi connectivity index (χ2n) is 11.0. The number of aromatic nitrogens is 9. The van der Waals surface area contributed by atoms with Crippen molar-refractivity contribution in [2.24, 2.45) is 11.8 Å². The third kappa shape index (κ3) is 5.74. The van der Waals surface area contributed by atoms with Gasteiger partial charge in [0.25, 0.3) is 0 Å². The SMILES string of the molecule is COP(O)(=S)OC[C@H]1O[C@@H](n2cnc3c2ncn2ccnc32)[C@H](F)[C@@H]1OP(=O)(S)OC[C@H]1C[C@@H](n2cnc3c(N)ncnc32)[C@@H]1C. The van der Waals surface area contributed by atoms with Gasteiger partial charge >= 0.3 is 13.5 Å². The number of anilines is 1. The van der Waals surface area contributed by atoms with Crippen LogP contribution < -0.4 is 5.73 Å². The van der Waals surface area contributed by atoms with E-state index in [1.165, 1.54) is 30.7 Å². The Kier molecular flexibility index (Phi) is 8.41. The number of fused-ring (bicyclic) bond motifs is 4. The molecule has 0 aromatic carbocycles. The van der Waals surface area contributed by atoms with Crippen molar-refractivity contribution >= 4 is 71.4 Å². The molecule has 6 heterocycles. The van der Waals surface area contributed by atoms with E-state index in [9.17, 15) is 9.46 Å². The van der Waals surface area contributed by atoms with Gasteiger partial charge in [-0.25, -0.2) is 38.9 Å². The number of rotatable bonds is 11. The van der Waals surface area contributed by atoms with Gasteiger partial charge in [-0.3, -0.25) is 13.5 Å². The van der Waals surface area contributed by atoms with Gasteiger partial charge in [0, 0.05) is 25.5 Å². The summed E-state index contributed by atoms with van der Waals surface area (Å²) in [6.45, 7) is -6.17. The van der Waals surface area contributed by atoms with Crippen molar-refractivity contribution in [1.82, 2.24) is 43.4 Å². The fourth-order valence-corrected chi connectivity index (χ4v) is 8.01. The summed E-state index contributed by atoms with van der Waals surface area (Å²) in [5, 5.41) is 0. The van der Waals surface area contributed by atoms with Gasteiger partial charge in [0.1, 0.15) is 30.4 Å². The Bertz CT molecular complexity index is 2010. The molecule has 46 heavy (non-hydrogen) atoms. The normalized spacial score (nSPS) is 29.3. The van der Waals surface area contributed by atoms with E-state index in [4.69, 9.17) is 40.4 Å². The monoisotopic (exact) mass is 714 g/mol. The Morgan fingerprint density at radius 1 is 1.09 bits per heavy atom. The molecule has 246 valence electrons. The van der Waals surface area contributed by atoms with Gasteiger partial charge in [0.15, 0.2) is 40.7 Å². The van der Waals surface area contributed by atoms with Crippen molar-refractivity contribution in [3.8, 4) is 0 Å². The molecule has 22 heteroatoms. The Balaban J connectivity index is 1.06. The predicted octanol–water partition coefficient (Wildman–Crippen LogP) is 3.25. The van der Waals surface area contributed by atoms with Gasteiger partial charge in [0.05, 0.1) is 25.9 Å². The molecule has 3 N–H and O–H groups in total. The van der Waals surface area contributed by atoms with E-state index in [1.54, 1.807) is 23.1 Å². The molecule has 7 rings (SSSR count). The highest BCUT2D eigenvalue weighted by Crippen LogP contribution is 2.58. The molecule has 2 unspecified atom stereocenters. The summed E-state index contributed by atoms with van der Waals surface area (Å²) in [6, 6.07) is 0.0527. The van der Waals surface area contributed by atoms with Crippen molar-refractivity contribution in [3.05, 3.63) is 37.7 Å². The average molecular weight is 715 g/mol. The highest BCUT2D eigenvalue weighted by atomic mass is 32.7. The second kappa shape index (κ2) is 12.1. The predicted molar refractivity (Wildman–Crippen MR) is 168 cm³/mol. The first-order chi connectivity index (χ1) is 22.0. The summed E-state index contributed by atoms with van der Waals surface area (Å²) >= 11 is 9.09. The molecule has 1 aliphatic carbocycles. The number of nitrogen functional groups attached to an aromatic ring is 1. The number of ether oxygens (including phenoxy) is 1. The molecule has 0 radical (unpaired) electrons. The smallest absolute Gasteiger partial charge is 0.382 e. The van der Waals surface area contributed by atoms with E-state index in [2.05, 4.69) is 42.2 Å². The van der Waals surface area contributed by atoms with E-state index in [-0.39, 0.29) is 24.5 Å². The Labute approximate surface area is 270 Å². The first-order valence-electron chi connectivity index (χ1n) is 14.0. The van der Waals surface area contributed by atoms with Crippen LogP contribution in [-0.4, -0.2) is 87.0 Å². The highest BCUT2D eigenvalue weighted by molar-refractivity contribution is 8.44. The van der Waals surface area contributed by atoms with Crippen LogP contribution in [0.5, 0.6) is 0 Å². The van der Waals surface area contributed by atoms with E-state index in [1.807, 2.05) is 11.5 Å². The second-order valence-corrected chi connectivity index (χ2v) is 16.8. The maximum atomic E-state index is 16.2. The van der Waals surface area contributed by atoms with E-state index >= 15 is 4.39 Å². The van der Waals surface area contributed by atoms with E-state index in [0.717, 1.165) is 0 Å². The van der Waals surface area contributed by atoms with Crippen LogP contribution in [0.15, 0.2) is 37.7 Å². The molecule has 0 spiro atoms. The van der Waals surface area contributed by atoms with Crippen LogP contribution in [0.2, 0.25) is 0 Å². The lowest BCUT2D eigenvalue weighted by atomic mass is 9.70. The standard InChI is InChI=1S/C24H29FN10O7P2S2/c1-12-13(5-14(12)34-10-30-17-20(26)28-8-29-22(17)34)6-39-44(37,46)42-19-15(7-40-43(36,45)38-2)41-24(16(19)25)35-11-31-18-21-27-3-4-33(21)9-32-23(18)35/h3-4,8-16,19,24H,5-7H2,1-2H3,(H,36,45)(H,37,46)(H2,26,28,29)/t12-,13-,14-,15-,16-,19-,24-,43?,44?/m1/s1. The van der Waals surface area contributed by atoms with E-state index in [0.29, 0.717) is 40.2 Å². The number of nitrogens with zero attached hydrogens (tertiary/aromatic N) is 9. The Morgan fingerprint density at radius 3 is 2.63 bits per heavy atom. The Morgan fingerprint density at radius 2 is 1.85 bits per heavy atom. The zero-order valence-corrected chi connectivity index (χ0v) is 27.8. The summed E-state index contributed by atoms with van der Waals surface area (Å²) in [6.07, 6.45) is 3.97. The average Bonchev–Trinajstić information content (AvgIpc) is 3.82. The van der Waals surface area contributed by atoms with Crippen molar-refractivity contribution in [2.75, 3.05) is 26.1 Å². The zero-order valence-electron chi connectivity index (χ0n) is 24.3.